The van der Waals surface area contributed by atoms with Gasteiger partial charge < -0.3 is 4.74 Å². The molecule has 0 radical (unpaired) electrons. The summed E-state index contributed by atoms with van der Waals surface area (Å²) in [6.45, 7) is 0.247. The Morgan fingerprint density at radius 2 is 2.38 bits per heavy atom. The zero-order valence-corrected chi connectivity index (χ0v) is 8.66. The molecule has 1 aromatic heterocycles. The Hall–Kier alpha value is -2.05. The molecule has 0 bridgehead atoms. The number of amides is 1. The summed E-state index contributed by atoms with van der Waals surface area (Å²) >= 11 is 0. The van der Waals surface area contributed by atoms with E-state index in [9.17, 15) is 9.59 Å². The van der Waals surface area contributed by atoms with Crippen LogP contribution in [-0.2, 0) is 14.3 Å². The maximum atomic E-state index is 11.6. The maximum absolute atomic E-state index is 11.6. The Labute approximate surface area is 91.4 Å². The topological polar surface area (TPSA) is 85.3 Å². The number of carbonyl (C=O) groups is 2. The van der Waals surface area contributed by atoms with E-state index in [0.717, 1.165) is 0 Å². The van der Waals surface area contributed by atoms with Crippen LogP contribution in [0.5, 0.6) is 0 Å². The van der Waals surface area contributed by atoms with Crippen molar-refractivity contribution in [2.45, 2.75) is 6.42 Å². The number of nitrogens with zero attached hydrogens (tertiary/aromatic N) is 4. The molecule has 1 atom stereocenters. The molecule has 1 amide bonds. The van der Waals surface area contributed by atoms with Crippen LogP contribution in [-0.4, -0.2) is 40.7 Å². The van der Waals surface area contributed by atoms with Crippen molar-refractivity contribution >= 4 is 17.8 Å². The van der Waals surface area contributed by atoms with Gasteiger partial charge in [0, 0.05) is 13.0 Å². The van der Waals surface area contributed by atoms with Gasteiger partial charge in [-0.05, 0) is 0 Å². The molecule has 1 aliphatic heterocycles. The van der Waals surface area contributed by atoms with Crippen molar-refractivity contribution in [1.29, 1.82) is 0 Å². The number of rotatable bonds is 2. The Kier molecular flexibility index (Phi) is 2.76. The number of hydrogen-bond acceptors (Lipinski definition) is 6. The van der Waals surface area contributed by atoms with E-state index in [1.165, 1.54) is 24.4 Å². The van der Waals surface area contributed by atoms with Gasteiger partial charge in [0.1, 0.15) is 0 Å². The number of hydrogen-bond donors (Lipinski definition) is 0. The Morgan fingerprint density at radius 1 is 1.56 bits per heavy atom. The number of anilines is 1. The van der Waals surface area contributed by atoms with E-state index in [2.05, 4.69) is 19.9 Å². The summed E-state index contributed by atoms with van der Waals surface area (Å²) in [5.41, 5.74) is 0. The quantitative estimate of drug-likeness (QED) is 0.621. The molecule has 7 heteroatoms. The maximum Gasteiger partial charge on any atom is 0.311 e. The van der Waals surface area contributed by atoms with Crippen LogP contribution >= 0.6 is 0 Å². The van der Waals surface area contributed by atoms with E-state index in [1.54, 1.807) is 0 Å². The van der Waals surface area contributed by atoms with Crippen LogP contribution < -0.4 is 4.90 Å². The molecule has 0 saturated carbocycles. The summed E-state index contributed by atoms with van der Waals surface area (Å²) in [5.74, 6) is -0.802. The predicted molar refractivity (Wildman–Crippen MR) is 52.3 cm³/mol. The molecule has 1 saturated heterocycles. The SMILES string of the molecule is COC(=O)C1CC(=O)N(c2nccnn2)C1. The van der Waals surface area contributed by atoms with Gasteiger partial charge >= 0.3 is 5.97 Å². The molecule has 1 fully saturated rings. The third-order valence-electron chi connectivity index (χ3n) is 2.37. The minimum atomic E-state index is -0.443. The second-order valence-corrected chi connectivity index (χ2v) is 3.37. The first-order valence-electron chi connectivity index (χ1n) is 4.74. The summed E-state index contributed by atoms with van der Waals surface area (Å²) in [5, 5.41) is 7.35. The van der Waals surface area contributed by atoms with Gasteiger partial charge in [0.25, 0.3) is 5.95 Å². The lowest BCUT2D eigenvalue weighted by Crippen LogP contribution is -2.28. The van der Waals surface area contributed by atoms with Crippen LogP contribution in [0.2, 0.25) is 0 Å². The molecule has 0 aromatic carbocycles. The van der Waals surface area contributed by atoms with Crippen molar-refractivity contribution in [2.75, 3.05) is 18.6 Å². The zero-order valence-electron chi connectivity index (χ0n) is 8.66. The summed E-state index contributed by atoms with van der Waals surface area (Å²) in [6.07, 6.45) is 2.99. The van der Waals surface area contributed by atoms with Crippen LogP contribution in [0.1, 0.15) is 6.42 Å². The van der Waals surface area contributed by atoms with Crippen LogP contribution in [0.3, 0.4) is 0 Å². The largest absolute Gasteiger partial charge is 0.469 e. The van der Waals surface area contributed by atoms with Gasteiger partial charge in [-0.3, -0.25) is 14.5 Å². The predicted octanol–water partition coefficient (Wildman–Crippen LogP) is -0.603. The Bertz CT molecular complexity index is 408. The number of carbonyl (C=O) groups excluding carboxylic acids is 2. The van der Waals surface area contributed by atoms with E-state index < -0.39 is 5.92 Å². The van der Waals surface area contributed by atoms with Crippen molar-refractivity contribution in [1.82, 2.24) is 15.2 Å². The van der Waals surface area contributed by atoms with Crippen molar-refractivity contribution in [3.05, 3.63) is 12.4 Å². The van der Waals surface area contributed by atoms with Gasteiger partial charge in [0.2, 0.25) is 5.91 Å². The highest BCUT2D eigenvalue weighted by molar-refractivity contribution is 5.98. The van der Waals surface area contributed by atoms with E-state index >= 15 is 0 Å². The van der Waals surface area contributed by atoms with Crippen molar-refractivity contribution in [3.8, 4) is 0 Å². The van der Waals surface area contributed by atoms with Gasteiger partial charge in [-0.25, -0.2) is 4.98 Å². The summed E-state index contributed by atoms with van der Waals surface area (Å²) < 4.78 is 4.59. The molecule has 2 heterocycles. The van der Waals surface area contributed by atoms with Crippen LogP contribution in [0.15, 0.2) is 12.4 Å². The molecule has 84 valence electrons. The highest BCUT2D eigenvalue weighted by atomic mass is 16.5. The van der Waals surface area contributed by atoms with Crippen LogP contribution in [0.25, 0.3) is 0 Å². The number of methoxy groups -OCH3 is 1. The number of esters is 1. The molecule has 1 aromatic rings. The average Bonchev–Trinajstić information content (AvgIpc) is 2.71. The lowest BCUT2D eigenvalue weighted by Gasteiger charge is -2.12. The standard InChI is InChI=1S/C9H10N4O3/c1-16-8(15)6-4-7(14)13(5-6)9-10-2-3-11-12-9/h2-3,6H,4-5H2,1H3. The minimum Gasteiger partial charge on any atom is -0.469 e. The molecule has 1 unspecified atom stereocenters. The molecular formula is C9H10N4O3. The first-order valence-corrected chi connectivity index (χ1v) is 4.74. The highest BCUT2D eigenvalue weighted by Gasteiger charge is 2.37. The first kappa shape index (κ1) is 10.5. The fourth-order valence-electron chi connectivity index (χ4n) is 1.59. The monoisotopic (exact) mass is 222 g/mol. The summed E-state index contributed by atoms with van der Waals surface area (Å²) in [4.78, 5) is 28.1. The van der Waals surface area contributed by atoms with E-state index in [4.69, 9.17) is 0 Å². The molecular weight excluding hydrogens is 212 g/mol. The van der Waals surface area contributed by atoms with E-state index in [0.29, 0.717) is 0 Å². The van der Waals surface area contributed by atoms with Gasteiger partial charge in [-0.2, -0.15) is 5.10 Å². The van der Waals surface area contributed by atoms with Crippen molar-refractivity contribution in [2.24, 2.45) is 5.92 Å². The molecule has 0 N–H and O–H groups in total. The van der Waals surface area contributed by atoms with E-state index in [1.807, 2.05) is 0 Å². The van der Waals surface area contributed by atoms with Crippen LogP contribution in [0, 0.1) is 5.92 Å². The normalized spacial score (nSPS) is 19.9. The lowest BCUT2D eigenvalue weighted by molar-refractivity contribution is -0.145. The smallest absolute Gasteiger partial charge is 0.311 e. The zero-order chi connectivity index (χ0) is 11.5. The first-order chi connectivity index (χ1) is 7.72. The molecule has 1 aliphatic rings. The third kappa shape index (κ3) is 1.83. The Balaban J connectivity index is 2.14. The number of ether oxygens (including phenoxy) is 1. The minimum absolute atomic E-state index is 0.130. The lowest BCUT2D eigenvalue weighted by atomic mass is 10.1. The molecule has 16 heavy (non-hydrogen) atoms. The fourth-order valence-corrected chi connectivity index (χ4v) is 1.59. The van der Waals surface area contributed by atoms with Crippen LogP contribution in [0.4, 0.5) is 5.95 Å². The second-order valence-electron chi connectivity index (χ2n) is 3.37. The average molecular weight is 222 g/mol. The van der Waals surface area contributed by atoms with E-state index in [-0.39, 0.29) is 30.8 Å². The highest BCUT2D eigenvalue weighted by Crippen LogP contribution is 2.22. The molecule has 0 spiro atoms. The molecule has 2 rings (SSSR count). The Morgan fingerprint density at radius 3 is 3.00 bits per heavy atom. The third-order valence-corrected chi connectivity index (χ3v) is 2.37. The summed E-state index contributed by atoms with van der Waals surface area (Å²) in [7, 11) is 1.30. The van der Waals surface area contributed by atoms with Crippen molar-refractivity contribution < 1.29 is 14.3 Å². The molecule has 0 aliphatic carbocycles. The van der Waals surface area contributed by atoms with Gasteiger partial charge in [0.05, 0.1) is 25.4 Å². The van der Waals surface area contributed by atoms with Gasteiger partial charge in [-0.1, -0.05) is 0 Å². The van der Waals surface area contributed by atoms with Gasteiger partial charge in [-0.15, -0.1) is 5.10 Å². The van der Waals surface area contributed by atoms with Gasteiger partial charge in [0.15, 0.2) is 0 Å². The second kappa shape index (κ2) is 4.21. The summed E-state index contributed by atoms with van der Waals surface area (Å²) in [6, 6.07) is 0. The van der Waals surface area contributed by atoms with Crippen molar-refractivity contribution in [3.63, 3.8) is 0 Å². The molecule has 7 nitrogen and oxygen atoms in total. The number of aromatic nitrogens is 3. The fraction of sp³-hybridized carbons (Fsp3) is 0.444.